The first-order chi connectivity index (χ1) is 16.5. The van der Waals surface area contributed by atoms with Crippen LogP contribution in [0.1, 0.15) is 17.5 Å². The van der Waals surface area contributed by atoms with E-state index < -0.39 is 58.0 Å². The van der Waals surface area contributed by atoms with Gasteiger partial charge in [-0.05, 0) is 67.6 Å². The lowest BCUT2D eigenvalue weighted by molar-refractivity contribution is -0.153. The molecule has 5 rings (SSSR count). The molecule has 1 heterocycles. The summed E-state index contributed by atoms with van der Waals surface area (Å²) in [5.74, 6) is -6.55. The zero-order valence-corrected chi connectivity index (χ0v) is 19.8. The number of Topliss-reactive ketones (excluding diaryl/α,β-unsaturated/α-hetero) is 2. The van der Waals surface area contributed by atoms with Crippen LogP contribution in [0.4, 0.5) is 0 Å². The fraction of sp³-hybridized carbons (Fsp3) is 0.320. The van der Waals surface area contributed by atoms with Crippen LogP contribution in [0.5, 0.6) is 5.75 Å². The molecule has 0 unspecified atom stereocenters. The van der Waals surface area contributed by atoms with Crippen molar-refractivity contribution in [1.82, 2.24) is 4.90 Å². The van der Waals surface area contributed by atoms with Gasteiger partial charge in [0.1, 0.15) is 22.8 Å². The highest BCUT2D eigenvalue weighted by Gasteiger charge is 2.64. The Bertz CT molecular complexity index is 1360. The maximum Gasteiger partial charge on any atom is 0.255 e. The number of nitrogens with two attached hydrogens (primary N) is 1. The van der Waals surface area contributed by atoms with Gasteiger partial charge in [-0.2, -0.15) is 0 Å². The number of benzene rings is 1. The maximum atomic E-state index is 13.8. The van der Waals surface area contributed by atoms with Gasteiger partial charge in [-0.25, -0.2) is 0 Å². The lowest BCUT2D eigenvalue weighted by Crippen LogP contribution is -2.65. The Morgan fingerprint density at radius 1 is 1.17 bits per heavy atom. The molecule has 0 saturated heterocycles. The first-order valence-electron chi connectivity index (χ1n) is 11.0. The molecule has 1 aromatic carbocycles. The van der Waals surface area contributed by atoms with E-state index in [9.17, 15) is 34.8 Å². The highest BCUT2D eigenvalue weighted by molar-refractivity contribution is 7.13. The van der Waals surface area contributed by atoms with Crippen LogP contribution in [0.3, 0.4) is 0 Å². The lowest BCUT2D eigenvalue weighted by Gasteiger charge is -2.50. The third kappa shape index (κ3) is 3.03. The largest absolute Gasteiger partial charge is 0.508 e. The molecule has 10 heteroatoms. The summed E-state index contributed by atoms with van der Waals surface area (Å²) in [5, 5.41) is 46.2. The van der Waals surface area contributed by atoms with Crippen LogP contribution in [-0.4, -0.2) is 68.5 Å². The Morgan fingerprint density at radius 2 is 1.89 bits per heavy atom. The summed E-state index contributed by atoms with van der Waals surface area (Å²) in [6, 6.07) is 5.87. The van der Waals surface area contributed by atoms with Crippen molar-refractivity contribution in [3.8, 4) is 16.2 Å². The normalized spacial score (nSPS) is 28.2. The van der Waals surface area contributed by atoms with E-state index in [0.717, 1.165) is 10.4 Å². The molecule has 182 valence electrons. The number of hydrogen-bond acceptors (Lipinski definition) is 9. The number of fused-ring (bicyclic) bond motifs is 3. The number of primary amides is 1. The molecule has 4 atom stereocenters. The number of aliphatic hydroxyl groups excluding tert-OH is 2. The van der Waals surface area contributed by atoms with Gasteiger partial charge >= 0.3 is 0 Å². The Hall–Kier alpha value is -3.47. The quantitative estimate of drug-likeness (QED) is 0.401. The summed E-state index contributed by atoms with van der Waals surface area (Å²) < 4.78 is 0. The summed E-state index contributed by atoms with van der Waals surface area (Å²) in [6.45, 7) is 0. The Kier molecular flexibility index (Phi) is 5.17. The van der Waals surface area contributed by atoms with Gasteiger partial charge in [0.2, 0.25) is 5.78 Å². The maximum absolute atomic E-state index is 13.8. The van der Waals surface area contributed by atoms with Crippen molar-refractivity contribution in [3.63, 3.8) is 0 Å². The van der Waals surface area contributed by atoms with E-state index in [1.807, 2.05) is 17.5 Å². The number of carbonyl (C=O) groups excluding carboxylic acids is 3. The van der Waals surface area contributed by atoms with Gasteiger partial charge in [-0.15, -0.1) is 11.3 Å². The van der Waals surface area contributed by atoms with Crippen LogP contribution in [-0.2, 0) is 20.8 Å². The van der Waals surface area contributed by atoms with Crippen LogP contribution < -0.4 is 5.73 Å². The lowest BCUT2D eigenvalue weighted by atomic mass is 9.57. The van der Waals surface area contributed by atoms with E-state index in [0.29, 0.717) is 5.56 Å². The smallest absolute Gasteiger partial charge is 0.255 e. The summed E-state index contributed by atoms with van der Waals surface area (Å²) in [6.07, 6.45) is 0.321. The standard InChI is InChI=1S/C25H24N2O7S/c1-27(2)19-13-9-10-8-12-11(15-4-3-7-35-15)5-6-14(28)17(12)20(29)16(10)22(31)25(13,34)23(32)18(21(19)30)24(26)33/h3-7,10,13,19,28-29,32,34H,8-9H2,1-2H3,(H2,26,33)/t10-,13-,19-,25-/m0/s1. The number of aliphatic hydroxyl groups is 3. The molecule has 2 aromatic rings. The van der Waals surface area contributed by atoms with Crippen LogP contribution >= 0.6 is 11.3 Å². The third-order valence-electron chi connectivity index (χ3n) is 7.39. The molecule has 0 aliphatic heterocycles. The van der Waals surface area contributed by atoms with Crippen molar-refractivity contribution < 1.29 is 34.8 Å². The van der Waals surface area contributed by atoms with Crippen molar-refractivity contribution in [2.45, 2.75) is 24.5 Å². The van der Waals surface area contributed by atoms with Gasteiger partial charge in [-0.3, -0.25) is 19.3 Å². The highest BCUT2D eigenvalue weighted by atomic mass is 32.1. The zero-order chi connectivity index (χ0) is 25.4. The van der Waals surface area contributed by atoms with Gasteiger partial charge in [0.25, 0.3) is 5.91 Å². The van der Waals surface area contributed by atoms with Gasteiger partial charge in [0.05, 0.1) is 11.6 Å². The Balaban J connectivity index is 1.75. The van der Waals surface area contributed by atoms with Crippen molar-refractivity contribution >= 4 is 34.6 Å². The monoisotopic (exact) mass is 496 g/mol. The molecule has 35 heavy (non-hydrogen) atoms. The summed E-state index contributed by atoms with van der Waals surface area (Å²) in [7, 11) is 3.14. The number of amides is 1. The van der Waals surface area contributed by atoms with Crippen LogP contribution in [0, 0.1) is 11.8 Å². The number of phenols is 1. The fourth-order valence-corrected chi connectivity index (χ4v) is 6.69. The molecule has 3 aliphatic carbocycles. The molecule has 1 saturated carbocycles. The summed E-state index contributed by atoms with van der Waals surface area (Å²) in [5.41, 5.74) is 3.26. The topological polar surface area (TPSA) is 161 Å². The first kappa shape index (κ1) is 23.3. The molecule has 6 N–H and O–H groups in total. The van der Waals surface area contributed by atoms with E-state index >= 15 is 0 Å². The zero-order valence-electron chi connectivity index (χ0n) is 19.0. The minimum Gasteiger partial charge on any atom is -0.508 e. The highest BCUT2D eigenvalue weighted by Crippen LogP contribution is 2.53. The number of thiophene rings is 1. The number of rotatable bonds is 3. The minimum absolute atomic E-state index is 0.0608. The number of likely N-dealkylation sites (N-methyl/N-ethyl adjacent to an activating group) is 1. The molecule has 0 radical (unpaired) electrons. The summed E-state index contributed by atoms with van der Waals surface area (Å²) in [4.78, 5) is 41.3. The van der Waals surface area contributed by atoms with Crippen molar-refractivity contribution in [2.75, 3.05) is 14.1 Å². The average molecular weight is 497 g/mol. The van der Waals surface area contributed by atoms with Crippen LogP contribution in [0.2, 0.25) is 0 Å². The van der Waals surface area contributed by atoms with Gasteiger partial charge in [-0.1, -0.05) is 6.07 Å². The second-order valence-electron chi connectivity index (χ2n) is 9.42. The van der Waals surface area contributed by atoms with Crippen molar-refractivity contribution in [2.24, 2.45) is 17.6 Å². The predicted molar refractivity (Wildman–Crippen MR) is 128 cm³/mol. The average Bonchev–Trinajstić information content (AvgIpc) is 3.30. The molecule has 9 nitrogen and oxygen atoms in total. The second kappa shape index (κ2) is 7.77. The molecule has 1 fully saturated rings. The molecule has 0 bridgehead atoms. The molecular weight excluding hydrogens is 472 g/mol. The number of aromatic hydroxyl groups is 1. The predicted octanol–water partition coefficient (Wildman–Crippen LogP) is 1.69. The third-order valence-corrected chi connectivity index (χ3v) is 8.29. The van der Waals surface area contributed by atoms with Crippen LogP contribution in [0.15, 0.2) is 46.6 Å². The summed E-state index contributed by atoms with van der Waals surface area (Å²) >= 11 is 1.49. The molecule has 0 spiro atoms. The first-order valence-corrected chi connectivity index (χ1v) is 11.9. The molecule has 1 aromatic heterocycles. The number of ketones is 2. The number of nitrogens with zero attached hydrogens (tertiary/aromatic N) is 1. The van der Waals surface area contributed by atoms with Gasteiger partial charge in [0.15, 0.2) is 11.4 Å². The van der Waals surface area contributed by atoms with Gasteiger partial charge < -0.3 is 26.2 Å². The number of hydrogen-bond donors (Lipinski definition) is 5. The van der Waals surface area contributed by atoms with Gasteiger partial charge in [0, 0.05) is 16.4 Å². The fourth-order valence-electron chi connectivity index (χ4n) is 5.91. The molecule has 1 amide bonds. The van der Waals surface area contributed by atoms with Crippen molar-refractivity contribution in [1.29, 1.82) is 0 Å². The van der Waals surface area contributed by atoms with E-state index in [-0.39, 0.29) is 29.7 Å². The van der Waals surface area contributed by atoms with Crippen LogP contribution in [0.25, 0.3) is 16.2 Å². The van der Waals surface area contributed by atoms with E-state index in [1.54, 1.807) is 20.2 Å². The molecular formula is C25H24N2O7S. The van der Waals surface area contributed by atoms with E-state index in [4.69, 9.17) is 5.73 Å². The molecule has 3 aliphatic rings. The van der Waals surface area contributed by atoms with E-state index in [2.05, 4.69) is 0 Å². The Morgan fingerprint density at radius 3 is 2.49 bits per heavy atom. The van der Waals surface area contributed by atoms with Crippen molar-refractivity contribution in [3.05, 3.63) is 57.7 Å². The number of carbonyl (C=O) groups is 3. The second-order valence-corrected chi connectivity index (χ2v) is 10.4. The number of phenolic OH excluding ortho intramolecular Hbond substituents is 1. The SMILES string of the molecule is CN(C)[C@@H]1C(=O)C(C(N)=O)=C(O)[C@@]2(O)C(=O)C3=C(O)c4c(O)ccc(-c5cccs5)c4C[C@H]3C[C@@H]12. The minimum atomic E-state index is -2.63. The van der Waals surface area contributed by atoms with E-state index in [1.165, 1.54) is 22.3 Å². The Labute approximate surface area is 204 Å².